The third-order valence-corrected chi connectivity index (χ3v) is 5.59. The number of nitrogens with zero attached hydrogens (tertiary/aromatic N) is 5. The Labute approximate surface area is 192 Å². The molecular weight excluding hydrogens is 457 g/mol. The Kier molecular flexibility index (Phi) is 5.65. The fourth-order valence-electron chi connectivity index (χ4n) is 3.53. The van der Waals surface area contributed by atoms with Crippen LogP contribution in [0.2, 0.25) is 5.02 Å². The number of anilines is 1. The number of aromatic nitrogens is 5. The zero-order valence-corrected chi connectivity index (χ0v) is 19.0. The molecule has 0 saturated carbocycles. The van der Waals surface area contributed by atoms with Crippen LogP contribution < -0.4 is 5.32 Å². The molecule has 11 heteroatoms. The van der Waals surface area contributed by atoms with Gasteiger partial charge < -0.3 is 5.32 Å². The number of carbonyl (C=O) groups excluding carboxylic acids is 1. The van der Waals surface area contributed by atoms with E-state index in [1.54, 1.807) is 18.5 Å². The van der Waals surface area contributed by atoms with Crippen molar-refractivity contribution in [3.8, 4) is 0 Å². The predicted octanol–water partition coefficient (Wildman–Crippen LogP) is 5.13. The van der Waals surface area contributed by atoms with Gasteiger partial charge in [-0.25, -0.2) is 9.50 Å². The van der Waals surface area contributed by atoms with Crippen molar-refractivity contribution in [1.82, 2.24) is 24.4 Å². The summed E-state index contributed by atoms with van der Waals surface area (Å²) in [5, 5.41) is 10.7. The number of alkyl halides is 3. The molecule has 0 aliphatic heterocycles. The number of hydrogen-bond donors (Lipinski definition) is 1. The Morgan fingerprint density at radius 3 is 2.39 bits per heavy atom. The van der Waals surface area contributed by atoms with Crippen LogP contribution in [0.15, 0.2) is 30.3 Å². The van der Waals surface area contributed by atoms with Crippen LogP contribution in [0.5, 0.6) is 0 Å². The summed E-state index contributed by atoms with van der Waals surface area (Å²) in [6, 6.07) is 8.84. The van der Waals surface area contributed by atoms with Crippen LogP contribution in [-0.2, 0) is 12.7 Å². The molecular formula is C22H20ClF3N6O. The van der Waals surface area contributed by atoms with Crippen molar-refractivity contribution < 1.29 is 18.0 Å². The minimum absolute atomic E-state index is 0.104. The van der Waals surface area contributed by atoms with Crippen LogP contribution in [0.4, 0.5) is 18.9 Å². The second kappa shape index (κ2) is 8.18. The summed E-state index contributed by atoms with van der Waals surface area (Å²) in [5.74, 6) is -0.752. The monoisotopic (exact) mass is 476 g/mol. The molecule has 0 aliphatic rings. The number of fused-ring (bicyclic) bond motifs is 1. The highest BCUT2D eigenvalue weighted by molar-refractivity contribution is 6.37. The summed E-state index contributed by atoms with van der Waals surface area (Å²) in [6.45, 7) is 7.43. The van der Waals surface area contributed by atoms with Crippen molar-refractivity contribution in [2.75, 3.05) is 5.32 Å². The number of aryl methyl sites for hydroxylation is 3. The Hall–Kier alpha value is -3.40. The first-order valence-electron chi connectivity index (χ1n) is 9.99. The van der Waals surface area contributed by atoms with Crippen molar-refractivity contribution in [3.63, 3.8) is 0 Å². The van der Waals surface area contributed by atoms with E-state index in [0.29, 0.717) is 28.1 Å². The Morgan fingerprint density at radius 2 is 1.76 bits per heavy atom. The molecule has 0 fully saturated rings. The van der Waals surface area contributed by atoms with Gasteiger partial charge in [-0.05, 0) is 39.3 Å². The number of benzene rings is 1. The summed E-state index contributed by atoms with van der Waals surface area (Å²) >= 11 is 6.22. The van der Waals surface area contributed by atoms with Crippen molar-refractivity contribution >= 4 is 28.8 Å². The highest BCUT2D eigenvalue weighted by Gasteiger charge is 2.36. The molecule has 0 radical (unpaired) electrons. The van der Waals surface area contributed by atoms with Crippen LogP contribution in [0.25, 0.3) is 5.65 Å². The minimum Gasteiger partial charge on any atom is -0.317 e. The molecule has 7 nitrogen and oxygen atoms in total. The molecule has 4 rings (SSSR count). The Morgan fingerprint density at radius 1 is 1.09 bits per heavy atom. The van der Waals surface area contributed by atoms with Gasteiger partial charge in [0.15, 0.2) is 11.3 Å². The van der Waals surface area contributed by atoms with Crippen LogP contribution in [0.1, 0.15) is 44.4 Å². The lowest BCUT2D eigenvalue weighted by atomic mass is 10.1. The van der Waals surface area contributed by atoms with Crippen LogP contribution in [-0.4, -0.2) is 30.3 Å². The molecule has 0 bridgehead atoms. The summed E-state index contributed by atoms with van der Waals surface area (Å²) < 4.78 is 42.6. The number of halogens is 4. The quantitative estimate of drug-likeness (QED) is 0.443. The third-order valence-electron chi connectivity index (χ3n) is 5.24. The zero-order valence-electron chi connectivity index (χ0n) is 18.3. The molecule has 3 aromatic heterocycles. The van der Waals surface area contributed by atoms with Crippen molar-refractivity contribution in [3.05, 3.63) is 75.0 Å². The summed E-state index contributed by atoms with van der Waals surface area (Å²) in [4.78, 5) is 17.0. The first kappa shape index (κ1) is 22.8. The van der Waals surface area contributed by atoms with Gasteiger partial charge in [-0.15, -0.1) is 0 Å². The first-order valence-corrected chi connectivity index (χ1v) is 10.4. The molecule has 0 spiro atoms. The third kappa shape index (κ3) is 4.30. The molecule has 172 valence electrons. The molecule has 3 heterocycles. The molecule has 1 amide bonds. The topological polar surface area (TPSA) is 77.1 Å². The predicted molar refractivity (Wildman–Crippen MR) is 118 cm³/mol. The summed E-state index contributed by atoms with van der Waals surface area (Å²) in [5.41, 5.74) is 2.31. The smallest absolute Gasteiger partial charge is 0.317 e. The van der Waals surface area contributed by atoms with Crippen molar-refractivity contribution in [2.24, 2.45) is 0 Å². The maximum Gasteiger partial charge on any atom is 0.433 e. The molecule has 33 heavy (non-hydrogen) atoms. The first-order chi connectivity index (χ1) is 15.5. The molecule has 0 unspecified atom stereocenters. The van der Waals surface area contributed by atoms with E-state index in [9.17, 15) is 18.0 Å². The van der Waals surface area contributed by atoms with E-state index in [1.807, 2.05) is 31.2 Å². The highest BCUT2D eigenvalue weighted by Crippen LogP contribution is 2.32. The number of nitrogens with one attached hydrogen (secondary N) is 1. The van der Waals surface area contributed by atoms with E-state index in [2.05, 4.69) is 20.5 Å². The highest BCUT2D eigenvalue weighted by atomic mass is 35.5. The van der Waals surface area contributed by atoms with Gasteiger partial charge >= 0.3 is 6.18 Å². The molecule has 1 aromatic carbocycles. The average molecular weight is 477 g/mol. The van der Waals surface area contributed by atoms with E-state index >= 15 is 0 Å². The maximum absolute atomic E-state index is 13.5. The van der Waals surface area contributed by atoms with Gasteiger partial charge in [0.05, 0.1) is 23.6 Å². The lowest BCUT2D eigenvalue weighted by molar-refractivity contribution is -0.142. The van der Waals surface area contributed by atoms with Gasteiger partial charge in [0.2, 0.25) is 0 Å². The summed E-state index contributed by atoms with van der Waals surface area (Å²) in [7, 11) is 0. The second-order valence-electron chi connectivity index (χ2n) is 7.82. The normalized spacial score (nSPS) is 11.9. The van der Waals surface area contributed by atoms with Gasteiger partial charge in [-0.3, -0.25) is 9.48 Å². The number of amides is 1. The van der Waals surface area contributed by atoms with Gasteiger partial charge in [-0.2, -0.15) is 23.4 Å². The van der Waals surface area contributed by atoms with E-state index in [4.69, 9.17) is 11.6 Å². The minimum atomic E-state index is -4.70. The molecule has 4 aromatic rings. The molecule has 0 saturated heterocycles. The Balaban J connectivity index is 1.67. The van der Waals surface area contributed by atoms with E-state index in [0.717, 1.165) is 17.2 Å². The SMILES string of the molecule is Cc1ccc(Cn2nc(C)c(NC(=O)c3nn4c(C(F)(F)F)cc(C)nc4c3Cl)c2C)cc1. The van der Waals surface area contributed by atoms with Crippen LogP contribution in [0, 0.1) is 27.7 Å². The number of carbonyl (C=O) groups is 1. The number of hydrogen-bond acceptors (Lipinski definition) is 4. The standard InChI is InChI=1S/C22H20ClF3N6O/c1-11-5-7-15(8-6-11)10-31-14(4)18(13(3)29-31)28-21(33)19-17(23)20-27-12(2)9-16(22(24,25)26)32(20)30-19/h5-9H,10H2,1-4H3,(H,28,33). The molecule has 0 aliphatic carbocycles. The fourth-order valence-corrected chi connectivity index (χ4v) is 3.78. The second-order valence-corrected chi connectivity index (χ2v) is 8.20. The number of rotatable bonds is 4. The molecule has 0 atom stereocenters. The molecule has 1 N–H and O–H groups in total. The maximum atomic E-state index is 13.5. The van der Waals surface area contributed by atoms with Crippen LogP contribution >= 0.6 is 11.6 Å². The fraction of sp³-hybridized carbons (Fsp3) is 0.273. The zero-order chi connectivity index (χ0) is 24.1. The van der Waals surface area contributed by atoms with Crippen LogP contribution in [0.3, 0.4) is 0 Å². The Bertz CT molecular complexity index is 1370. The van der Waals surface area contributed by atoms with E-state index in [1.165, 1.54) is 6.92 Å². The van der Waals surface area contributed by atoms with Crippen molar-refractivity contribution in [1.29, 1.82) is 0 Å². The van der Waals surface area contributed by atoms with Gasteiger partial charge in [0.1, 0.15) is 10.7 Å². The average Bonchev–Trinajstić information content (AvgIpc) is 3.20. The van der Waals surface area contributed by atoms with Gasteiger partial charge in [0.25, 0.3) is 5.91 Å². The summed E-state index contributed by atoms with van der Waals surface area (Å²) in [6.07, 6.45) is -4.70. The largest absolute Gasteiger partial charge is 0.433 e. The lowest BCUT2D eigenvalue weighted by Gasteiger charge is -2.09. The van der Waals surface area contributed by atoms with Crippen molar-refractivity contribution in [2.45, 2.75) is 40.4 Å². The van der Waals surface area contributed by atoms with E-state index < -0.39 is 17.8 Å². The lowest BCUT2D eigenvalue weighted by Crippen LogP contribution is -2.16. The van der Waals surface area contributed by atoms with E-state index in [-0.39, 0.29) is 22.1 Å². The van der Waals surface area contributed by atoms with Gasteiger partial charge in [0, 0.05) is 5.69 Å². The van der Waals surface area contributed by atoms with Gasteiger partial charge in [-0.1, -0.05) is 41.4 Å².